The summed E-state index contributed by atoms with van der Waals surface area (Å²) in [5.74, 6) is 3.05. The first-order valence-corrected chi connectivity index (χ1v) is 9.65. The summed E-state index contributed by atoms with van der Waals surface area (Å²) >= 11 is 1.48. The van der Waals surface area contributed by atoms with Crippen LogP contribution in [0.4, 0.5) is 5.13 Å². The minimum absolute atomic E-state index is 0.414. The second-order valence-electron chi connectivity index (χ2n) is 6.41. The van der Waals surface area contributed by atoms with Crippen molar-refractivity contribution in [2.45, 2.75) is 25.2 Å². The van der Waals surface area contributed by atoms with Crippen LogP contribution in [0.25, 0.3) is 11.4 Å². The van der Waals surface area contributed by atoms with E-state index in [1.165, 1.54) is 11.5 Å². The van der Waals surface area contributed by atoms with Crippen molar-refractivity contribution in [2.24, 2.45) is 0 Å². The van der Waals surface area contributed by atoms with Gasteiger partial charge in [0, 0.05) is 49.6 Å². The molecule has 3 heterocycles. The smallest absolute Gasteiger partial charge is 0.205 e. The molecule has 0 unspecified atom stereocenters. The third-order valence-corrected chi connectivity index (χ3v) is 5.49. The van der Waals surface area contributed by atoms with E-state index in [0.717, 1.165) is 60.5 Å². The molecule has 26 heavy (non-hydrogen) atoms. The predicted molar refractivity (Wildman–Crippen MR) is 101 cm³/mol. The van der Waals surface area contributed by atoms with E-state index < -0.39 is 0 Å². The second kappa shape index (κ2) is 7.92. The molecule has 1 fully saturated rings. The van der Waals surface area contributed by atoms with Crippen molar-refractivity contribution in [3.8, 4) is 11.4 Å². The number of aromatic amines is 1. The lowest BCUT2D eigenvalue weighted by Gasteiger charge is -2.30. The van der Waals surface area contributed by atoms with Crippen molar-refractivity contribution in [3.05, 3.63) is 42.0 Å². The average molecular weight is 370 g/mol. The van der Waals surface area contributed by atoms with E-state index in [4.69, 9.17) is 9.72 Å². The Balaban J connectivity index is 1.36. The van der Waals surface area contributed by atoms with E-state index in [-0.39, 0.29) is 0 Å². The number of benzene rings is 1. The van der Waals surface area contributed by atoms with Crippen LogP contribution in [-0.2, 0) is 11.2 Å². The highest BCUT2D eigenvalue weighted by Crippen LogP contribution is 2.30. The molecule has 0 saturated carbocycles. The van der Waals surface area contributed by atoms with Gasteiger partial charge in [0.15, 0.2) is 5.82 Å². The molecule has 1 saturated heterocycles. The van der Waals surface area contributed by atoms with E-state index in [1.54, 1.807) is 7.11 Å². The minimum atomic E-state index is 0.414. The summed E-state index contributed by atoms with van der Waals surface area (Å²) in [5.41, 5.74) is 1.05. The van der Waals surface area contributed by atoms with Crippen molar-refractivity contribution in [1.29, 1.82) is 0 Å². The Morgan fingerprint density at radius 2 is 2.00 bits per heavy atom. The maximum absolute atomic E-state index is 5.09. The SMILES string of the molecule is COCCc1nsc(N2CCC(c3nc(-c4ccccc4)n[nH]3)CC2)n1. The molecular formula is C18H22N6OS. The lowest BCUT2D eigenvalue weighted by Crippen LogP contribution is -2.33. The number of anilines is 1. The zero-order valence-electron chi connectivity index (χ0n) is 14.8. The van der Waals surface area contributed by atoms with Crippen molar-refractivity contribution in [1.82, 2.24) is 24.5 Å². The Morgan fingerprint density at radius 3 is 2.77 bits per heavy atom. The van der Waals surface area contributed by atoms with E-state index in [9.17, 15) is 0 Å². The van der Waals surface area contributed by atoms with E-state index in [1.807, 2.05) is 30.3 Å². The molecule has 1 aromatic carbocycles. The Morgan fingerprint density at radius 1 is 1.19 bits per heavy atom. The van der Waals surface area contributed by atoms with Crippen LogP contribution >= 0.6 is 11.5 Å². The predicted octanol–water partition coefficient (Wildman–Crippen LogP) is 2.90. The Kier molecular flexibility index (Phi) is 5.21. The molecule has 136 valence electrons. The third-order valence-electron chi connectivity index (χ3n) is 4.67. The molecule has 0 amide bonds. The van der Waals surface area contributed by atoms with E-state index in [0.29, 0.717) is 12.5 Å². The van der Waals surface area contributed by atoms with Gasteiger partial charge in [0.2, 0.25) is 5.13 Å². The molecule has 1 aliphatic rings. The molecule has 3 aromatic rings. The number of piperidine rings is 1. The van der Waals surface area contributed by atoms with Gasteiger partial charge in [0.25, 0.3) is 0 Å². The Labute approximate surface area is 156 Å². The summed E-state index contributed by atoms with van der Waals surface area (Å²) in [6, 6.07) is 10.1. The van der Waals surface area contributed by atoms with Gasteiger partial charge >= 0.3 is 0 Å². The van der Waals surface area contributed by atoms with Crippen LogP contribution in [0, 0.1) is 0 Å². The van der Waals surface area contributed by atoms with Gasteiger partial charge in [0.1, 0.15) is 11.6 Å². The van der Waals surface area contributed by atoms with Crippen LogP contribution in [0.3, 0.4) is 0 Å². The average Bonchev–Trinajstić information content (AvgIpc) is 3.37. The topological polar surface area (TPSA) is 79.8 Å². The fraction of sp³-hybridized carbons (Fsp3) is 0.444. The molecule has 0 bridgehead atoms. The van der Waals surface area contributed by atoms with E-state index >= 15 is 0 Å². The van der Waals surface area contributed by atoms with Crippen LogP contribution in [0.2, 0.25) is 0 Å². The molecule has 1 N–H and O–H groups in total. The number of hydrogen-bond donors (Lipinski definition) is 1. The van der Waals surface area contributed by atoms with Gasteiger partial charge in [-0.2, -0.15) is 9.47 Å². The van der Waals surface area contributed by atoms with Crippen molar-refractivity contribution < 1.29 is 4.74 Å². The first kappa shape index (κ1) is 17.1. The second-order valence-corrected chi connectivity index (χ2v) is 7.14. The number of hydrogen-bond acceptors (Lipinski definition) is 7. The normalized spacial score (nSPS) is 15.5. The van der Waals surface area contributed by atoms with Crippen molar-refractivity contribution >= 4 is 16.7 Å². The summed E-state index contributed by atoms with van der Waals surface area (Å²) in [6.45, 7) is 2.59. The number of ether oxygens (including phenoxy) is 1. The van der Waals surface area contributed by atoms with Crippen LogP contribution < -0.4 is 4.90 Å². The monoisotopic (exact) mass is 370 g/mol. The Hall–Kier alpha value is -2.32. The fourth-order valence-corrected chi connectivity index (χ4v) is 3.95. The van der Waals surface area contributed by atoms with Crippen molar-refractivity contribution in [3.63, 3.8) is 0 Å². The van der Waals surface area contributed by atoms with Gasteiger partial charge in [-0.1, -0.05) is 30.3 Å². The lowest BCUT2D eigenvalue weighted by molar-refractivity contribution is 0.201. The molecule has 4 rings (SSSR count). The fourth-order valence-electron chi connectivity index (χ4n) is 3.19. The zero-order chi connectivity index (χ0) is 17.8. The number of methoxy groups -OCH3 is 1. The summed E-state index contributed by atoms with van der Waals surface area (Å²) in [5, 5.41) is 8.54. The summed E-state index contributed by atoms with van der Waals surface area (Å²) in [4.78, 5) is 11.7. The largest absolute Gasteiger partial charge is 0.384 e. The van der Waals surface area contributed by atoms with Crippen LogP contribution in [0.5, 0.6) is 0 Å². The molecule has 8 heteroatoms. The third kappa shape index (κ3) is 3.76. The van der Waals surface area contributed by atoms with Gasteiger partial charge in [-0.3, -0.25) is 5.10 Å². The van der Waals surface area contributed by atoms with Gasteiger partial charge < -0.3 is 9.64 Å². The van der Waals surface area contributed by atoms with Crippen LogP contribution in [-0.4, -0.2) is 51.3 Å². The first-order valence-electron chi connectivity index (χ1n) is 8.87. The maximum atomic E-state index is 5.09. The quantitative estimate of drug-likeness (QED) is 0.719. The number of nitrogens with one attached hydrogen (secondary N) is 1. The van der Waals surface area contributed by atoms with Crippen molar-refractivity contribution in [2.75, 3.05) is 31.7 Å². The number of rotatable bonds is 6. The number of nitrogens with zero attached hydrogens (tertiary/aromatic N) is 5. The lowest BCUT2D eigenvalue weighted by atomic mass is 9.96. The Bertz CT molecular complexity index is 825. The van der Waals surface area contributed by atoms with Crippen LogP contribution in [0.15, 0.2) is 30.3 Å². The molecule has 0 atom stereocenters. The standard InChI is InChI=1S/C18H22N6OS/c1-25-12-9-15-19-18(26-23-15)24-10-7-14(8-11-24)17-20-16(21-22-17)13-5-3-2-4-6-13/h2-6,14H,7-12H2,1H3,(H,20,21,22). The summed E-state index contributed by atoms with van der Waals surface area (Å²) in [6.07, 6.45) is 2.84. The number of H-pyrrole nitrogens is 1. The van der Waals surface area contributed by atoms with Gasteiger partial charge in [0.05, 0.1) is 6.61 Å². The molecule has 0 radical (unpaired) electrons. The highest BCUT2D eigenvalue weighted by Gasteiger charge is 2.25. The summed E-state index contributed by atoms with van der Waals surface area (Å²) in [7, 11) is 1.70. The molecule has 2 aromatic heterocycles. The first-order chi connectivity index (χ1) is 12.8. The van der Waals surface area contributed by atoms with Gasteiger partial charge in [-0.25, -0.2) is 9.97 Å². The zero-order valence-corrected chi connectivity index (χ0v) is 15.6. The molecule has 1 aliphatic heterocycles. The van der Waals surface area contributed by atoms with E-state index in [2.05, 4.69) is 24.5 Å². The summed E-state index contributed by atoms with van der Waals surface area (Å²) < 4.78 is 9.52. The van der Waals surface area contributed by atoms with Gasteiger partial charge in [-0.05, 0) is 12.8 Å². The maximum Gasteiger partial charge on any atom is 0.205 e. The molecule has 0 spiro atoms. The number of aromatic nitrogens is 5. The molecular weight excluding hydrogens is 348 g/mol. The highest BCUT2D eigenvalue weighted by molar-refractivity contribution is 7.09. The molecule has 0 aliphatic carbocycles. The molecule has 7 nitrogen and oxygen atoms in total. The highest BCUT2D eigenvalue weighted by atomic mass is 32.1. The minimum Gasteiger partial charge on any atom is -0.384 e. The van der Waals surface area contributed by atoms with Crippen LogP contribution in [0.1, 0.15) is 30.4 Å². The van der Waals surface area contributed by atoms with Gasteiger partial charge in [-0.15, -0.1) is 0 Å².